The summed E-state index contributed by atoms with van der Waals surface area (Å²) >= 11 is 3.09. The van der Waals surface area contributed by atoms with Gasteiger partial charge in [-0.15, -0.1) is 0 Å². The van der Waals surface area contributed by atoms with Gasteiger partial charge in [0.05, 0.1) is 10.5 Å². The number of nitrogens with zero attached hydrogens (tertiary/aromatic N) is 1. The summed E-state index contributed by atoms with van der Waals surface area (Å²) < 4.78 is 0.187. The first kappa shape index (κ1) is 13.3. The summed E-state index contributed by atoms with van der Waals surface area (Å²) in [4.78, 5) is 25.1. The van der Waals surface area contributed by atoms with E-state index in [-0.39, 0.29) is 21.6 Å². The molecule has 1 heterocycles. The average molecular weight is 324 g/mol. The smallest absolute Gasteiger partial charge is 0.284 e. The van der Waals surface area contributed by atoms with Crippen LogP contribution in [-0.4, -0.2) is 15.8 Å². The first-order valence-electron chi connectivity index (χ1n) is 5.42. The Hall–Kier alpha value is -2.15. The predicted octanol–water partition coefficient (Wildman–Crippen LogP) is 2.62. The van der Waals surface area contributed by atoms with E-state index in [0.29, 0.717) is 6.54 Å². The molecule has 0 aliphatic rings. The molecule has 98 valence electrons. The Kier molecular flexibility index (Phi) is 3.96. The van der Waals surface area contributed by atoms with Crippen molar-refractivity contribution in [2.45, 2.75) is 6.54 Å². The molecule has 0 saturated heterocycles. The molecule has 0 aliphatic heterocycles. The summed E-state index contributed by atoms with van der Waals surface area (Å²) in [5.74, 6) is -0.364. The zero-order valence-electron chi connectivity index (χ0n) is 9.72. The number of hydrogen-bond donors (Lipinski definition) is 2. The zero-order chi connectivity index (χ0) is 13.8. The van der Waals surface area contributed by atoms with Gasteiger partial charge in [-0.05, 0) is 33.6 Å². The van der Waals surface area contributed by atoms with Crippen molar-refractivity contribution in [2.75, 3.05) is 0 Å². The van der Waals surface area contributed by atoms with Gasteiger partial charge in [0.2, 0.25) is 0 Å². The lowest BCUT2D eigenvalue weighted by molar-refractivity contribution is -0.385. The van der Waals surface area contributed by atoms with Gasteiger partial charge in [0.15, 0.2) is 0 Å². The summed E-state index contributed by atoms with van der Waals surface area (Å²) in [7, 11) is 0. The normalized spacial score (nSPS) is 10.2. The average Bonchev–Trinajstić information content (AvgIpc) is 2.89. The Morgan fingerprint density at radius 2 is 2.21 bits per heavy atom. The largest absolute Gasteiger partial charge is 0.367 e. The molecule has 0 spiro atoms. The summed E-state index contributed by atoms with van der Waals surface area (Å²) in [6.45, 7) is 0.359. The van der Waals surface area contributed by atoms with Crippen molar-refractivity contribution >= 4 is 27.5 Å². The number of halogens is 1. The summed E-state index contributed by atoms with van der Waals surface area (Å²) in [5.41, 5.74) is 1.04. The Morgan fingerprint density at radius 3 is 2.84 bits per heavy atom. The highest BCUT2D eigenvalue weighted by Gasteiger charge is 2.19. The number of nitro groups is 1. The number of nitro benzene ring substituents is 1. The molecule has 2 rings (SSSR count). The third-order valence-electron chi connectivity index (χ3n) is 2.54. The first-order valence-corrected chi connectivity index (χ1v) is 6.21. The van der Waals surface area contributed by atoms with Crippen LogP contribution in [0.1, 0.15) is 15.9 Å². The minimum atomic E-state index is -0.535. The number of hydrogen-bond acceptors (Lipinski definition) is 3. The topological polar surface area (TPSA) is 88.0 Å². The van der Waals surface area contributed by atoms with Gasteiger partial charge in [-0.3, -0.25) is 14.9 Å². The Labute approximate surface area is 117 Å². The first-order chi connectivity index (χ1) is 9.09. The van der Waals surface area contributed by atoms with E-state index in [1.54, 1.807) is 12.4 Å². The van der Waals surface area contributed by atoms with Gasteiger partial charge in [0.25, 0.3) is 11.6 Å². The predicted molar refractivity (Wildman–Crippen MR) is 72.8 cm³/mol. The Morgan fingerprint density at radius 1 is 1.42 bits per heavy atom. The highest BCUT2D eigenvalue weighted by molar-refractivity contribution is 9.10. The molecule has 6 nitrogen and oxygen atoms in total. The van der Waals surface area contributed by atoms with E-state index in [9.17, 15) is 14.9 Å². The van der Waals surface area contributed by atoms with Crippen LogP contribution in [0.2, 0.25) is 0 Å². The Balaban J connectivity index is 2.15. The minimum Gasteiger partial charge on any atom is -0.367 e. The van der Waals surface area contributed by atoms with E-state index in [4.69, 9.17) is 0 Å². The molecule has 0 saturated carbocycles. The number of H-pyrrole nitrogens is 1. The van der Waals surface area contributed by atoms with Crippen molar-refractivity contribution in [1.29, 1.82) is 0 Å². The molecular weight excluding hydrogens is 314 g/mol. The third-order valence-corrected chi connectivity index (χ3v) is 3.37. The van der Waals surface area contributed by atoms with Crippen LogP contribution in [0.4, 0.5) is 5.69 Å². The monoisotopic (exact) mass is 323 g/mol. The van der Waals surface area contributed by atoms with E-state index in [1.807, 2.05) is 6.07 Å². The summed E-state index contributed by atoms with van der Waals surface area (Å²) in [6, 6.07) is 6.19. The van der Waals surface area contributed by atoms with Gasteiger partial charge >= 0.3 is 0 Å². The maximum Gasteiger partial charge on any atom is 0.284 e. The molecule has 19 heavy (non-hydrogen) atoms. The molecule has 2 N–H and O–H groups in total. The minimum absolute atomic E-state index is 0.130. The van der Waals surface area contributed by atoms with Gasteiger partial charge in [0.1, 0.15) is 4.47 Å². The molecule has 0 bridgehead atoms. The van der Waals surface area contributed by atoms with E-state index in [0.717, 1.165) is 5.56 Å². The SMILES string of the molecule is O=C(NCc1cc[nH]c1)c1cccc([N+](=O)[O-])c1Br. The van der Waals surface area contributed by atoms with Crippen LogP contribution in [0.3, 0.4) is 0 Å². The third kappa shape index (κ3) is 3.00. The van der Waals surface area contributed by atoms with Crippen molar-refractivity contribution in [1.82, 2.24) is 10.3 Å². The highest BCUT2D eigenvalue weighted by Crippen LogP contribution is 2.28. The van der Waals surface area contributed by atoms with Gasteiger partial charge in [-0.1, -0.05) is 6.07 Å². The molecule has 2 aromatic rings. The van der Waals surface area contributed by atoms with Crippen LogP contribution in [0.25, 0.3) is 0 Å². The number of carbonyl (C=O) groups excluding carboxylic acids is 1. The molecule has 7 heteroatoms. The van der Waals surface area contributed by atoms with Crippen LogP contribution in [0.15, 0.2) is 41.1 Å². The number of benzene rings is 1. The van der Waals surface area contributed by atoms with Crippen LogP contribution in [0.5, 0.6) is 0 Å². The number of aromatic nitrogens is 1. The molecule has 0 fully saturated rings. The molecule has 0 radical (unpaired) electrons. The van der Waals surface area contributed by atoms with Gasteiger partial charge < -0.3 is 10.3 Å². The molecule has 0 atom stereocenters. The van der Waals surface area contributed by atoms with Crippen LogP contribution in [0, 0.1) is 10.1 Å². The van der Waals surface area contributed by atoms with E-state index >= 15 is 0 Å². The highest BCUT2D eigenvalue weighted by atomic mass is 79.9. The van der Waals surface area contributed by atoms with Crippen molar-refractivity contribution in [2.24, 2.45) is 0 Å². The number of nitrogens with one attached hydrogen (secondary N) is 2. The molecule has 0 unspecified atom stereocenters. The second kappa shape index (κ2) is 5.66. The number of aromatic amines is 1. The fourth-order valence-corrected chi connectivity index (χ4v) is 2.17. The lowest BCUT2D eigenvalue weighted by Gasteiger charge is -2.06. The molecule has 1 aromatic heterocycles. The molecule has 1 amide bonds. The lowest BCUT2D eigenvalue weighted by Crippen LogP contribution is -2.23. The zero-order valence-corrected chi connectivity index (χ0v) is 11.3. The van der Waals surface area contributed by atoms with Crippen molar-refractivity contribution < 1.29 is 9.72 Å². The van der Waals surface area contributed by atoms with E-state index in [2.05, 4.69) is 26.2 Å². The molecular formula is C12H10BrN3O3. The number of carbonyl (C=O) groups is 1. The molecule has 0 aliphatic carbocycles. The summed E-state index contributed by atoms with van der Waals surface area (Å²) in [6.07, 6.45) is 3.52. The molecule has 1 aromatic carbocycles. The standard InChI is InChI=1S/C12H10BrN3O3/c13-11-9(2-1-3-10(11)16(18)19)12(17)15-7-8-4-5-14-6-8/h1-6,14H,7H2,(H,15,17). The quantitative estimate of drug-likeness (QED) is 0.669. The van der Waals surface area contributed by atoms with E-state index < -0.39 is 4.92 Å². The van der Waals surface area contributed by atoms with Gasteiger partial charge in [0, 0.05) is 25.0 Å². The Bertz CT molecular complexity index is 611. The van der Waals surface area contributed by atoms with E-state index in [1.165, 1.54) is 18.2 Å². The maximum atomic E-state index is 12.0. The fraction of sp³-hybridized carbons (Fsp3) is 0.0833. The maximum absolute atomic E-state index is 12.0. The van der Waals surface area contributed by atoms with Crippen molar-refractivity contribution in [3.05, 3.63) is 62.4 Å². The van der Waals surface area contributed by atoms with Crippen LogP contribution in [-0.2, 0) is 6.54 Å². The van der Waals surface area contributed by atoms with Gasteiger partial charge in [-0.2, -0.15) is 0 Å². The van der Waals surface area contributed by atoms with Crippen LogP contribution < -0.4 is 5.32 Å². The second-order valence-corrected chi connectivity index (χ2v) is 4.59. The second-order valence-electron chi connectivity index (χ2n) is 3.80. The lowest BCUT2D eigenvalue weighted by atomic mass is 10.2. The van der Waals surface area contributed by atoms with Gasteiger partial charge in [-0.25, -0.2) is 0 Å². The number of rotatable bonds is 4. The van der Waals surface area contributed by atoms with Crippen molar-refractivity contribution in [3.63, 3.8) is 0 Å². The summed E-state index contributed by atoms with van der Waals surface area (Å²) in [5, 5.41) is 13.5. The fourth-order valence-electron chi connectivity index (χ4n) is 1.58. The number of amides is 1. The van der Waals surface area contributed by atoms with Crippen molar-refractivity contribution in [3.8, 4) is 0 Å². The van der Waals surface area contributed by atoms with Crippen LogP contribution >= 0.6 is 15.9 Å².